The van der Waals surface area contributed by atoms with E-state index in [4.69, 9.17) is 10.2 Å². The SMILES string of the molecule is Cc1c(Br)cccc1NC(=O)N(CCO)CCO. The lowest BCUT2D eigenvalue weighted by molar-refractivity contribution is 0.167. The summed E-state index contributed by atoms with van der Waals surface area (Å²) in [5, 5.41) is 20.5. The third-order valence-corrected chi connectivity index (χ3v) is 3.40. The molecule has 0 bridgehead atoms. The summed E-state index contributed by atoms with van der Waals surface area (Å²) in [6, 6.07) is 5.19. The van der Waals surface area contributed by atoms with Crippen LogP contribution in [-0.4, -0.2) is 47.4 Å². The van der Waals surface area contributed by atoms with Gasteiger partial charge in [0.15, 0.2) is 0 Å². The second kappa shape index (κ2) is 7.35. The van der Waals surface area contributed by atoms with E-state index in [-0.39, 0.29) is 32.3 Å². The molecule has 1 rings (SSSR count). The molecular weight excluding hydrogens is 300 g/mol. The number of hydrogen-bond donors (Lipinski definition) is 3. The van der Waals surface area contributed by atoms with Gasteiger partial charge in [-0.15, -0.1) is 0 Å². The molecular formula is C12H17BrN2O3. The minimum atomic E-state index is -0.334. The van der Waals surface area contributed by atoms with Crippen molar-refractivity contribution in [1.82, 2.24) is 4.90 Å². The van der Waals surface area contributed by atoms with Crippen molar-refractivity contribution in [3.8, 4) is 0 Å². The first-order valence-electron chi connectivity index (χ1n) is 5.63. The van der Waals surface area contributed by atoms with Gasteiger partial charge in [-0.05, 0) is 24.6 Å². The molecule has 0 spiro atoms. The number of aliphatic hydroxyl groups is 2. The summed E-state index contributed by atoms with van der Waals surface area (Å²) >= 11 is 3.39. The maximum Gasteiger partial charge on any atom is 0.322 e. The molecule has 18 heavy (non-hydrogen) atoms. The van der Waals surface area contributed by atoms with E-state index in [1.807, 2.05) is 19.1 Å². The average molecular weight is 317 g/mol. The van der Waals surface area contributed by atoms with Gasteiger partial charge in [-0.1, -0.05) is 22.0 Å². The normalized spacial score (nSPS) is 10.2. The number of amides is 2. The van der Waals surface area contributed by atoms with Crippen LogP contribution in [0.4, 0.5) is 10.5 Å². The number of carbonyl (C=O) groups is 1. The Hall–Kier alpha value is -1.11. The molecule has 0 atom stereocenters. The van der Waals surface area contributed by atoms with Gasteiger partial charge in [0.05, 0.1) is 13.2 Å². The van der Waals surface area contributed by atoms with Crippen LogP contribution in [0.15, 0.2) is 22.7 Å². The summed E-state index contributed by atoms with van der Waals surface area (Å²) < 4.78 is 0.913. The number of nitrogens with one attached hydrogen (secondary N) is 1. The fourth-order valence-electron chi connectivity index (χ4n) is 1.49. The van der Waals surface area contributed by atoms with Crippen molar-refractivity contribution in [2.24, 2.45) is 0 Å². The summed E-state index contributed by atoms with van der Waals surface area (Å²) in [4.78, 5) is 13.3. The van der Waals surface area contributed by atoms with Crippen molar-refractivity contribution in [2.45, 2.75) is 6.92 Å². The first-order valence-corrected chi connectivity index (χ1v) is 6.42. The molecule has 100 valence electrons. The zero-order chi connectivity index (χ0) is 13.5. The van der Waals surface area contributed by atoms with Crippen LogP contribution < -0.4 is 5.32 Å². The molecule has 5 nitrogen and oxygen atoms in total. The summed E-state index contributed by atoms with van der Waals surface area (Å²) in [6.45, 7) is 2.01. The Morgan fingerprint density at radius 2 is 1.94 bits per heavy atom. The van der Waals surface area contributed by atoms with E-state index in [0.717, 1.165) is 10.0 Å². The average Bonchev–Trinajstić information content (AvgIpc) is 2.34. The van der Waals surface area contributed by atoms with Gasteiger partial charge in [-0.3, -0.25) is 0 Å². The molecule has 3 N–H and O–H groups in total. The first-order chi connectivity index (χ1) is 8.60. The Bertz CT molecular complexity index is 406. The zero-order valence-corrected chi connectivity index (χ0v) is 11.8. The lowest BCUT2D eigenvalue weighted by atomic mass is 10.2. The molecule has 1 aromatic rings. The molecule has 0 heterocycles. The largest absolute Gasteiger partial charge is 0.395 e. The molecule has 6 heteroatoms. The predicted molar refractivity (Wildman–Crippen MR) is 73.6 cm³/mol. The van der Waals surface area contributed by atoms with Crippen LogP contribution in [0, 0.1) is 6.92 Å². The Kier molecular flexibility index (Phi) is 6.11. The Morgan fingerprint density at radius 1 is 1.33 bits per heavy atom. The highest BCUT2D eigenvalue weighted by atomic mass is 79.9. The monoisotopic (exact) mass is 316 g/mol. The Labute approximate surface area is 115 Å². The van der Waals surface area contributed by atoms with E-state index >= 15 is 0 Å². The Morgan fingerprint density at radius 3 is 2.50 bits per heavy atom. The number of benzene rings is 1. The number of carbonyl (C=O) groups excluding carboxylic acids is 1. The lowest BCUT2D eigenvalue weighted by Gasteiger charge is -2.21. The zero-order valence-electron chi connectivity index (χ0n) is 10.2. The minimum Gasteiger partial charge on any atom is -0.395 e. The van der Waals surface area contributed by atoms with E-state index in [2.05, 4.69) is 21.2 Å². The van der Waals surface area contributed by atoms with Gasteiger partial charge >= 0.3 is 6.03 Å². The van der Waals surface area contributed by atoms with E-state index in [0.29, 0.717) is 5.69 Å². The number of hydrogen-bond acceptors (Lipinski definition) is 3. The van der Waals surface area contributed by atoms with E-state index < -0.39 is 0 Å². The van der Waals surface area contributed by atoms with Crippen LogP contribution >= 0.6 is 15.9 Å². The summed E-state index contributed by atoms with van der Waals surface area (Å²) in [5.41, 5.74) is 1.63. The second-order valence-corrected chi connectivity index (χ2v) is 4.63. The molecule has 2 amide bonds. The highest BCUT2D eigenvalue weighted by molar-refractivity contribution is 9.10. The third kappa shape index (κ3) is 3.97. The van der Waals surface area contributed by atoms with Crippen molar-refractivity contribution in [2.75, 3.05) is 31.6 Å². The van der Waals surface area contributed by atoms with Crippen molar-refractivity contribution in [1.29, 1.82) is 0 Å². The van der Waals surface area contributed by atoms with Crippen molar-refractivity contribution in [3.05, 3.63) is 28.2 Å². The molecule has 0 aliphatic heterocycles. The smallest absolute Gasteiger partial charge is 0.322 e. The van der Waals surface area contributed by atoms with Crippen LogP contribution in [0.25, 0.3) is 0 Å². The molecule has 0 radical (unpaired) electrons. The van der Waals surface area contributed by atoms with Gasteiger partial charge in [0, 0.05) is 23.2 Å². The van der Waals surface area contributed by atoms with Crippen LogP contribution in [0.3, 0.4) is 0 Å². The van der Waals surface area contributed by atoms with Crippen molar-refractivity contribution >= 4 is 27.6 Å². The number of anilines is 1. The highest BCUT2D eigenvalue weighted by Gasteiger charge is 2.13. The van der Waals surface area contributed by atoms with Crippen molar-refractivity contribution in [3.63, 3.8) is 0 Å². The fraction of sp³-hybridized carbons (Fsp3) is 0.417. The number of halogens is 1. The molecule has 0 fully saturated rings. The van der Waals surface area contributed by atoms with E-state index in [1.165, 1.54) is 4.90 Å². The molecule has 0 aliphatic carbocycles. The molecule has 1 aromatic carbocycles. The van der Waals surface area contributed by atoms with Gasteiger partial charge < -0.3 is 20.4 Å². The number of aliphatic hydroxyl groups excluding tert-OH is 2. The standard InChI is InChI=1S/C12H17BrN2O3/c1-9-10(13)3-2-4-11(9)14-12(18)15(5-7-16)6-8-17/h2-4,16-17H,5-8H2,1H3,(H,14,18). The second-order valence-electron chi connectivity index (χ2n) is 3.78. The van der Waals surface area contributed by atoms with Crippen LogP contribution in [-0.2, 0) is 0 Å². The molecule has 0 saturated carbocycles. The summed E-state index contributed by atoms with van der Waals surface area (Å²) in [5.74, 6) is 0. The highest BCUT2D eigenvalue weighted by Crippen LogP contribution is 2.23. The maximum absolute atomic E-state index is 11.9. The minimum absolute atomic E-state index is 0.134. The quantitative estimate of drug-likeness (QED) is 0.772. The first kappa shape index (κ1) is 14.9. The summed E-state index contributed by atoms with van der Waals surface area (Å²) in [7, 11) is 0. The molecule has 0 aliphatic rings. The van der Waals surface area contributed by atoms with Gasteiger partial charge in [-0.25, -0.2) is 4.79 Å². The van der Waals surface area contributed by atoms with Crippen molar-refractivity contribution < 1.29 is 15.0 Å². The van der Waals surface area contributed by atoms with Crippen LogP contribution in [0.2, 0.25) is 0 Å². The Balaban J connectivity index is 2.75. The lowest BCUT2D eigenvalue weighted by Crippen LogP contribution is -2.39. The van der Waals surface area contributed by atoms with E-state index in [1.54, 1.807) is 6.07 Å². The van der Waals surface area contributed by atoms with Gasteiger partial charge in [-0.2, -0.15) is 0 Å². The van der Waals surface area contributed by atoms with Crippen LogP contribution in [0.1, 0.15) is 5.56 Å². The summed E-state index contributed by atoms with van der Waals surface area (Å²) in [6.07, 6.45) is 0. The topological polar surface area (TPSA) is 72.8 Å². The van der Waals surface area contributed by atoms with Gasteiger partial charge in [0.1, 0.15) is 0 Å². The number of urea groups is 1. The van der Waals surface area contributed by atoms with Crippen LogP contribution in [0.5, 0.6) is 0 Å². The van der Waals surface area contributed by atoms with Gasteiger partial charge in [0.25, 0.3) is 0 Å². The fourth-order valence-corrected chi connectivity index (χ4v) is 1.86. The molecule has 0 aromatic heterocycles. The molecule has 0 saturated heterocycles. The van der Waals surface area contributed by atoms with Gasteiger partial charge in [0.2, 0.25) is 0 Å². The third-order valence-electron chi connectivity index (χ3n) is 2.54. The molecule has 0 unspecified atom stereocenters. The number of nitrogens with zero attached hydrogens (tertiary/aromatic N) is 1. The maximum atomic E-state index is 11.9. The predicted octanol–water partition coefficient (Wildman–Crippen LogP) is 1.58. The number of rotatable bonds is 5. The van der Waals surface area contributed by atoms with E-state index in [9.17, 15) is 4.79 Å².